The summed E-state index contributed by atoms with van der Waals surface area (Å²) in [6.45, 7) is 3.31. The first kappa shape index (κ1) is 21.0. The number of thioether (sulfide) groups is 1. The van der Waals surface area contributed by atoms with E-state index in [1.54, 1.807) is 35.6 Å². The minimum absolute atomic E-state index is 0.127. The van der Waals surface area contributed by atoms with Crippen LogP contribution >= 0.6 is 23.1 Å². The zero-order valence-electron chi connectivity index (χ0n) is 17.0. The largest absolute Gasteiger partial charge is 0.326 e. The van der Waals surface area contributed by atoms with E-state index in [4.69, 9.17) is 4.98 Å². The van der Waals surface area contributed by atoms with Gasteiger partial charge in [-0.05, 0) is 48.7 Å². The Balaban J connectivity index is 1.53. The smallest absolute Gasteiger partial charge is 0.237 e. The summed E-state index contributed by atoms with van der Waals surface area (Å²) in [5.41, 5.74) is 2.20. The number of amides is 2. The highest BCUT2D eigenvalue weighted by atomic mass is 32.2. The number of benzene rings is 2. The number of aromatic nitrogens is 2. The lowest BCUT2D eigenvalue weighted by Crippen LogP contribution is -2.22. The number of carbonyl (C=O) groups excluding carboxylic acids is 2. The van der Waals surface area contributed by atoms with Gasteiger partial charge in [-0.15, -0.1) is 11.3 Å². The molecular weight excluding hydrogens is 428 g/mol. The zero-order chi connectivity index (χ0) is 21.8. The van der Waals surface area contributed by atoms with Gasteiger partial charge in [0.05, 0.1) is 15.6 Å². The third-order valence-corrected chi connectivity index (χ3v) is 6.41. The topological polar surface area (TPSA) is 84.0 Å². The van der Waals surface area contributed by atoms with E-state index < -0.39 is 0 Å². The van der Waals surface area contributed by atoms with Gasteiger partial charge in [-0.1, -0.05) is 36.0 Å². The molecule has 6 nitrogen and oxygen atoms in total. The van der Waals surface area contributed by atoms with Crippen molar-refractivity contribution in [3.63, 3.8) is 0 Å². The molecule has 0 aliphatic heterocycles. The average Bonchev–Trinajstić information content (AvgIpc) is 3.29. The summed E-state index contributed by atoms with van der Waals surface area (Å²) in [5.74, 6) is 0.399. The highest BCUT2D eigenvalue weighted by Gasteiger charge is 2.19. The molecule has 4 aromatic rings. The van der Waals surface area contributed by atoms with E-state index in [-0.39, 0.29) is 17.1 Å². The van der Waals surface area contributed by atoms with Gasteiger partial charge in [0.1, 0.15) is 5.03 Å². The molecule has 156 valence electrons. The van der Waals surface area contributed by atoms with Gasteiger partial charge >= 0.3 is 0 Å². The second-order valence-electron chi connectivity index (χ2n) is 6.85. The van der Waals surface area contributed by atoms with Crippen LogP contribution in [0.2, 0.25) is 0 Å². The monoisotopic (exact) mass is 448 g/mol. The van der Waals surface area contributed by atoms with Gasteiger partial charge in [-0.2, -0.15) is 0 Å². The minimum atomic E-state index is -0.371. The molecule has 0 aliphatic rings. The van der Waals surface area contributed by atoms with Crippen molar-refractivity contribution in [2.75, 3.05) is 10.6 Å². The number of hydrogen-bond acceptors (Lipinski definition) is 6. The molecule has 2 aromatic carbocycles. The van der Waals surface area contributed by atoms with Crippen LogP contribution in [0, 0.1) is 0 Å². The predicted octanol–water partition coefficient (Wildman–Crippen LogP) is 5.44. The van der Waals surface area contributed by atoms with E-state index in [2.05, 4.69) is 15.6 Å². The molecule has 31 heavy (non-hydrogen) atoms. The highest BCUT2D eigenvalue weighted by Crippen LogP contribution is 2.32. The normalized spacial score (nSPS) is 11.8. The maximum Gasteiger partial charge on any atom is 0.237 e. The van der Waals surface area contributed by atoms with Gasteiger partial charge in [0.15, 0.2) is 5.82 Å². The Labute approximate surface area is 188 Å². The summed E-state index contributed by atoms with van der Waals surface area (Å²) >= 11 is 2.99. The van der Waals surface area contributed by atoms with Crippen LogP contribution in [0.5, 0.6) is 0 Å². The molecule has 0 saturated heterocycles. The number of nitrogens with one attached hydrogen (secondary N) is 2. The fourth-order valence-corrected chi connectivity index (χ4v) is 4.56. The Morgan fingerprint density at radius 3 is 2.32 bits per heavy atom. The number of hydrogen-bond donors (Lipinski definition) is 2. The molecule has 4 rings (SSSR count). The molecule has 2 aromatic heterocycles. The molecule has 0 bridgehead atoms. The Morgan fingerprint density at radius 1 is 0.935 bits per heavy atom. The van der Waals surface area contributed by atoms with Gasteiger partial charge in [0.2, 0.25) is 11.8 Å². The molecule has 1 atom stereocenters. The Bertz CT molecular complexity index is 1220. The third kappa shape index (κ3) is 5.10. The third-order valence-electron chi connectivity index (χ3n) is 4.44. The molecule has 0 saturated carbocycles. The van der Waals surface area contributed by atoms with Crippen molar-refractivity contribution in [1.29, 1.82) is 0 Å². The van der Waals surface area contributed by atoms with Gasteiger partial charge in [-0.25, -0.2) is 9.97 Å². The maximum atomic E-state index is 12.8. The lowest BCUT2D eigenvalue weighted by Gasteiger charge is -2.14. The first-order valence-electron chi connectivity index (χ1n) is 9.65. The number of rotatable bonds is 6. The van der Waals surface area contributed by atoms with Crippen LogP contribution in [-0.4, -0.2) is 27.0 Å². The zero-order valence-corrected chi connectivity index (χ0v) is 18.6. The SMILES string of the molecule is CC(=O)Nc1ccc(NC(=O)C(C)Sc2nc(-c3cccs3)nc3ccccc23)cc1. The second-order valence-corrected chi connectivity index (χ2v) is 9.13. The van der Waals surface area contributed by atoms with Crippen molar-refractivity contribution in [3.8, 4) is 10.7 Å². The quantitative estimate of drug-likeness (QED) is 0.303. The Hall–Kier alpha value is -3.23. The lowest BCUT2D eigenvalue weighted by atomic mass is 10.2. The molecule has 1 unspecified atom stereocenters. The van der Waals surface area contributed by atoms with E-state index in [0.717, 1.165) is 20.8 Å². The van der Waals surface area contributed by atoms with E-state index in [0.29, 0.717) is 17.2 Å². The number of fused-ring (bicyclic) bond motifs is 1. The number of carbonyl (C=O) groups is 2. The van der Waals surface area contributed by atoms with Gasteiger partial charge in [0.25, 0.3) is 0 Å². The first-order chi connectivity index (χ1) is 15.0. The second kappa shape index (κ2) is 9.28. The summed E-state index contributed by atoms with van der Waals surface area (Å²) in [6, 6.07) is 18.8. The van der Waals surface area contributed by atoms with Gasteiger partial charge < -0.3 is 10.6 Å². The standard InChI is InChI=1S/C23H20N4O2S2/c1-14(22(29)25-17-11-9-16(10-12-17)24-15(2)28)31-23-18-6-3-4-7-19(18)26-21(27-23)20-8-5-13-30-20/h3-14H,1-2H3,(H,24,28)(H,25,29). The summed E-state index contributed by atoms with van der Waals surface area (Å²) in [4.78, 5) is 34.3. The number of thiophene rings is 1. The van der Waals surface area contributed by atoms with Crippen LogP contribution in [0.4, 0.5) is 11.4 Å². The van der Waals surface area contributed by atoms with Crippen LogP contribution in [-0.2, 0) is 9.59 Å². The van der Waals surface area contributed by atoms with Crippen molar-refractivity contribution in [2.24, 2.45) is 0 Å². The summed E-state index contributed by atoms with van der Waals surface area (Å²) in [5, 5.41) is 8.95. The van der Waals surface area contributed by atoms with Crippen LogP contribution in [0.25, 0.3) is 21.6 Å². The Kier molecular flexibility index (Phi) is 6.29. The van der Waals surface area contributed by atoms with Gasteiger partial charge in [0, 0.05) is 23.7 Å². The fourth-order valence-electron chi connectivity index (χ4n) is 2.96. The van der Waals surface area contributed by atoms with Crippen LogP contribution in [0.3, 0.4) is 0 Å². The first-order valence-corrected chi connectivity index (χ1v) is 11.4. The molecule has 8 heteroatoms. The van der Waals surface area contributed by atoms with E-state index in [1.807, 2.05) is 48.7 Å². The molecule has 2 heterocycles. The van der Waals surface area contributed by atoms with E-state index >= 15 is 0 Å². The number of anilines is 2. The molecule has 2 amide bonds. The highest BCUT2D eigenvalue weighted by molar-refractivity contribution is 8.00. The number of para-hydroxylation sites is 1. The fraction of sp³-hybridized carbons (Fsp3) is 0.130. The molecule has 2 N–H and O–H groups in total. The van der Waals surface area contributed by atoms with E-state index in [1.165, 1.54) is 18.7 Å². The van der Waals surface area contributed by atoms with Crippen molar-refractivity contribution in [2.45, 2.75) is 24.1 Å². The van der Waals surface area contributed by atoms with Crippen LogP contribution in [0.1, 0.15) is 13.8 Å². The van der Waals surface area contributed by atoms with E-state index in [9.17, 15) is 9.59 Å². The molecular formula is C23H20N4O2S2. The summed E-state index contributed by atoms with van der Waals surface area (Å²) in [6.07, 6.45) is 0. The predicted molar refractivity (Wildman–Crippen MR) is 128 cm³/mol. The number of nitrogens with zero attached hydrogens (tertiary/aromatic N) is 2. The van der Waals surface area contributed by atoms with Gasteiger partial charge in [-0.3, -0.25) is 9.59 Å². The molecule has 0 spiro atoms. The summed E-state index contributed by atoms with van der Waals surface area (Å²) < 4.78 is 0. The molecule has 0 aliphatic carbocycles. The van der Waals surface area contributed by atoms with Crippen molar-refractivity contribution in [1.82, 2.24) is 9.97 Å². The van der Waals surface area contributed by atoms with Crippen molar-refractivity contribution in [3.05, 3.63) is 66.0 Å². The molecule has 0 radical (unpaired) electrons. The van der Waals surface area contributed by atoms with Crippen molar-refractivity contribution < 1.29 is 9.59 Å². The average molecular weight is 449 g/mol. The Morgan fingerprint density at radius 2 is 1.65 bits per heavy atom. The maximum absolute atomic E-state index is 12.8. The van der Waals surface area contributed by atoms with Crippen LogP contribution < -0.4 is 10.6 Å². The summed E-state index contributed by atoms with van der Waals surface area (Å²) in [7, 11) is 0. The molecule has 0 fully saturated rings. The lowest BCUT2D eigenvalue weighted by molar-refractivity contribution is -0.115. The van der Waals surface area contributed by atoms with Crippen molar-refractivity contribution >= 4 is 57.2 Å². The van der Waals surface area contributed by atoms with Crippen LogP contribution in [0.15, 0.2) is 71.1 Å². The minimum Gasteiger partial charge on any atom is -0.326 e.